The topological polar surface area (TPSA) is 95.9 Å². The lowest BCUT2D eigenvalue weighted by Crippen LogP contribution is -2.46. The normalized spacial score (nSPS) is 13.5. The van der Waals surface area contributed by atoms with Gasteiger partial charge in [0.05, 0.1) is 25.2 Å². The van der Waals surface area contributed by atoms with Crippen molar-refractivity contribution in [2.45, 2.75) is 270 Å². The van der Waals surface area contributed by atoms with E-state index in [1.165, 1.54) is 122 Å². The number of aliphatic hydroxyl groups excluding tert-OH is 2. The second-order valence-electron chi connectivity index (χ2n) is 16.5. The minimum atomic E-state index is -0.787. The van der Waals surface area contributed by atoms with E-state index >= 15 is 0 Å². The van der Waals surface area contributed by atoms with E-state index in [9.17, 15) is 19.8 Å². The number of hydrogen-bond acceptors (Lipinski definition) is 5. The zero-order valence-corrected chi connectivity index (χ0v) is 36.8. The van der Waals surface area contributed by atoms with Crippen molar-refractivity contribution in [2.24, 2.45) is 0 Å². The fourth-order valence-electron chi connectivity index (χ4n) is 7.31. The molecule has 0 aromatic heterocycles. The largest absolute Gasteiger partial charge is 0.462 e. The molecule has 0 spiro atoms. The average molecular weight is 776 g/mol. The molecule has 6 nitrogen and oxygen atoms in total. The number of amides is 1. The number of rotatable bonds is 43. The van der Waals surface area contributed by atoms with Gasteiger partial charge in [0.2, 0.25) is 5.91 Å². The zero-order chi connectivity index (χ0) is 40.3. The lowest BCUT2D eigenvalue weighted by molar-refractivity contribution is -0.151. The summed E-state index contributed by atoms with van der Waals surface area (Å²) in [6, 6.07) is -0.701. The molecule has 0 aromatic rings. The summed E-state index contributed by atoms with van der Waals surface area (Å²) >= 11 is 0. The van der Waals surface area contributed by atoms with Crippen molar-refractivity contribution in [1.29, 1.82) is 0 Å². The number of hydrogen-bond donors (Lipinski definition) is 3. The molecule has 3 unspecified atom stereocenters. The number of allylic oxidation sites excluding steroid dienone is 4. The molecule has 0 aliphatic carbocycles. The van der Waals surface area contributed by atoms with Crippen molar-refractivity contribution in [1.82, 2.24) is 5.32 Å². The lowest BCUT2D eigenvalue weighted by atomic mass is 10.0. The van der Waals surface area contributed by atoms with Gasteiger partial charge < -0.3 is 20.3 Å². The number of unbranched alkanes of at least 4 members (excludes halogenated alkanes) is 27. The van der Waals surface area contributed by atoms with Crippen LogP contribution in [-0.2, 0) is 14.3 Å². The van der Waals surface area contributed by atoms with Crippen molar-refractivity contribution in [3.63, 3.8) is 0 Å². The van der Waals surface area contributed by atoms with Crippen LogP contribution < -0.4 is 5.32 Å². The highest BCUT2D eigenvalue weighted by Gasteiger charge is 2.24. The van der Waals surface area contributed by atoms with Crippen LogP contribution in [0.5, 0.6) is 0 Å². The van der Waals surface area contributed by atoms with Gasteiger partial charge in [-0.2, -0.15) is 0 Å². The van der Waals surface area contributed by atoms with Crippen LogP contribution in [0, 0.1) is 0 Å². The molecule has 0 radical (unpaired) electrons. The number of nitrogens with one attached hydrogen (secondary N) is 1. The minimum Gasteiger partial charge on any atom is -0.462 e. The number of carbonyl (C=O) groups excluding carboxylic acids is 2. The maximum absolute atomic E-state index is 13.1. The van der Waals surface area contributed by atoms with E-state index in [0.29, 0.717) is 19.3 Å². The lowest BCUT2D eigenvalue weighted by Gasteiger charge is -2.24. The highest BCUT2D eigenvalue weighted by molar-refractivity contribution is 5.77. The first kappa shape index (κ1) is 53.3. The summed E-state index contributed by atoms with van der Waals surface area (Å²) in [7, 11) is 0. The molecule has 324 valence electrons. The van der Waals surface area contributed by atoms with E-state index in [1.54, 1.807) is 0 Å². The number of aliphatic hydroxyl groups is 2. The molecule has 0 saturated heterocycles. The van der Waals surface area contributed by atoms with Gasteiger partial charge in [-0.3, -0.25) is 9.59 Å². The third-order valence-electron chi connectivity index (χ3n) is 11.0. The van der Waals surface area contributed by atoms with E-state index in [0.717, 1.165) is 83.5 Å². The SMILES string of the molecule is CCC/C=C\CCCCCC(CC(=O)NC(CO)C(O)CCCCCCCCCCCC)OC(=O)CCCCCCC/C=C/CCCCCCCCCCC. The van der Waals surface area contributed by atoms with Gasteiger partial charge in [-0.1, -0.05) is 193 Å². The van der Waals surface area contributed by atoms with Crippen molar-refractivity contribution in [3.05, 3.63) is 24.3 Å². The molecule has 0 aliphatic rings. The maximum atomic E-state index is 13.1. The Balaban J connectivity index is 4.42. The molecule has 55 heavy (non-hydrogen) atoms. The highest BCUT2D eigenvalue weighted by Crippen LogP contribution is 2.17. The van der Waals surface area contributed by atoms with Crippen LogP contribution in [0.1, 0.15) is 252 Å². The summed E-state index contributed by atoms with van der Waals surface area (Å²) in [4.78, 5) is 25.9. The van der Waals surface area contributed by atoms with E-state index in [1.807, 2.05) is 0 Å². The number of ether oxygens (including phenoxy) is 1. The van der Waals surface area contributed by atoms with Crippen molar-refractivity contribution in [2.75, 3.05) is 6.61 Å². The van der Waals surface area contributed by atoms with Gasteiger partial charge in [0.15, 0.2) is 0 Å². The van der Waals surface area contributed by atoms with Gasteiger partial charge in [-0.15, -0.1) is 0 Å². The third kappa shape index (κ3) is 39.0. The highest BCUT2D eigenvalue weighted by atomic mass is 16.5. The van der Waals surface area contributed by atoms with Crippen LogP contribution in [0.25, 0.3) is 0 Å². The first-order valence-corrected chi connectivity index (χ1v) is 24.1. The molecule has 0 saturated carbocycles. The molecule has 3 N–H and O–H groups in total. The van der Waals surface area contributed by atoms with Crippen molar-refractivity contribution < 1.29 is 24.5 Å². The van der Waals surface area contributed by atoms with Crippen LogP contribution in [-0.4, -0.2) is 46.9 Å². The number of esters is 1. The molecular weight excluding hydrogens is 683 g/mol. The van der Waals surface area contributed by atoms with E-state index in [2.05, 4.69) is 50.4 Å². The Morgan fingerprint density at radius 1 is 0.509 bits per heavy atom. The van der Waals surface area contributed by atoms with E-state index in [4.69, 9.17) is 4.74 Å². The Labute approximate surface area is 341 Å². The number of carbonyl (C=O) groups is 2. The van der Waals surface area contributed by atoms with Crippen LogP contribution in [0.3, 0.4) is 0 Å². The smallest absolute Gasteiger partial charge is 0.306 e. The third-order valence-corrected chi connectivity index (χ3v) is 11.0. The van der Waals surface area contributed by atoms with Crippen LogP contribution in [0.2, 0.25) is 0 Å². The van der Waals surface area contributed by atoms with Gasteiger partial charge in [-0.05, 0) is 70.6 Å². The first-order chi connectivity index (χ1) is 27.0. The summed E-state index contributed by atoms with van der Waals surface area (Å²) < 4.78 is 5.88. The van der Waals surface area contributed by atoms with Gasteiger partial charge in [0, 0.05) is 6.42 Å². The van der Waals surface area contributed by atoms with Crippen LogP contribution in [0.15, 0.2) is 24.3 Å². The van der Waals surface area contributed by atoms with E-state index in [-0.39, 0.29) is 24.9 Å². The summed E-state index contributed by atoms with van der Waals surface area (Å²) in [5.41, 5.74) is 0. The standard InChI is InChI=1S/C49H93NO5/c1-4-7-10-13-16-19-21-22-23-24-25-26-27-28-30-33-36-39-42-49(54)55-45(40-37-34-31-18-15-12-9-6-3)43-48(53)50-46(44-51)47(52)41-38-35-32-29-20-17-14-11-8-5-2/h12,15,25-26,45-47,51-52H,4-11,13-14,16-24,27-44H2,1-3H3,(H,50,53)/b15-12-,26-25+. The summed E-state index contributed by atoms with van der Waals surface area (Å²) in [6.45, 7) is 6.40. The maximum Gasteiger partial charge on any atom is 0.306 e. The van der Waals surface area contributed by atoms with Crippen LogP contribution >= 0.6 is 0 Å². The Hall–Kier alpha value is -1.66. The molecule has 0 fully saturated rings. The summed E-state index contributed by atoms with van der Waals surface area (Å²) in [6.07, 6.45) is 48.3. The first-order valence-electron chi connectivity index (χ1n) is 24.1. The summed E-state index contributed by atoms with van der Waals surface area (Å²) in [5, 5.41) is 23.6. The molecule has 0 rings (SSSR count). The molecule has 3 atom stereocenters. The molecule has 0 aliphatic heterocycles. The van der Waals surface area contributed by atoms with Crippen LogP contribution in [0.4, 0.5) is 0 Å². The van der Waals surface area contributed by atoms with Gasteiger partial charge in [0.1, 0.15) is 6.10 Å². The van der Waals surface area contributed by atoms with E-state index < -0.39 is 18.2 Å². The Bertz CT molecular complexity index is 873. The predicted molar refractivity (Wildman–Crippen MR) is 236 cm³/mol. The Morgan fingerprint density at radius 3 is 1.38 bits per heavy atom. The average Bonchev–Trinajstić information content (AvgIpc) is 3.18. The summed E-state index contributed by atoms with van der Waals surface area (Å²) in [5.74, 6) is -0.497. The molecule has 1 amide bonds. The molecule has 6 heteroatoms. The monoisotopic (exact) mass is 776 g/mol. The second kappa shape index (κ2) is 43.5. The quantitative estimate of drug-likeness (QED) is 0.0326. The fraction of sp³-hybridized carbons (Fsp3) is 0.878. The molecule has 0 bridgehead atoms. The second-order valence-corrected chi connectivity index (χ2v) is 16.5. The molecular formula is C49H93NO5. The van der Waals surface area contributed by atoms with Crippen molar-refractivity contribution >= 4 is 11.9 Å². The zero-order valence-electron chi connectivity index (χ0n) is 36.8. The van der Waals surface area contributed by atoms with Crippen molar-refractivity contribution in [3.8, 4) is 0 Å². The Kier molecular flexibility index (Phi) is 42.2. The molecule has 0 aromatic carbocycles. The van der Waals surface area contributed by atoms with Gasteiger partial charge in [0.25, 0.3) is 0 Å². The fourth-order valence-corrected chi connectivity index (χ4v) is 7.31. The van der Waals surface area contributed by atoms with Gasteiger partial charge >= 0.3 is 5.97 Å². The minimum absolute atomic E-state index is 0.0657. The Morgan fingerprint density at radius 2 is 0.909 bits per heavy atom. The van der Waals surface area contributed by atoms with Gasteiger partial charge in [-0.25, -0.2) is 0 Å². The predicted octanol–water partition coefficient (Wildman–Crippen LogP) is 14.0. The molecule has 0 heterocycles.